The van der Waals surface area contributed by atoms with E-state index in [0.717, 1.165) is 28.4 Å². The molecule has 0 aromatic carbocycles. The molecule has 2 aromatic heterocycles. The lowest BCUT2D eigenvalue weighted by Crippen LogP contribution is -2.46. The van der Waals surface area contributed by atoms with E-state index < -0.39 is 0 Å². The number of nitrogens with zero attached hydrogens (tertiary/aromatic N) is 3. The van der Waals surface area contributed by atoms with Crippen LogP contribution in [0.5, 0.6) is 0 Å². The number of rotatable bonds is 6. The molecule has 0 aliphatic carbocycles. The van der Waals surface area contributed by atoms with Crippen molar-refractivity contribution in [2.24, 2.45) is 0 Å². The molecule has 0 saturated heterocycles. The number of aryl methyl sites for hydroxylation is 4. The minimum Gasteiger partial charge on any atom is -0.361 e. The maximum atomic E-state index is 12.2. The van der Waals surface area contributed by atoms with Crippen molar-refractivity contribution in [2.75, 3.05) is 0 Å². The summed E-state index contributed by atoms with van der Waals surface area (Å²) in [7, 11) is 0. The SMILES string of the molecule is Cc1cc(C)n(C[C@@H](C)NC(=O)N[C@@H](C)Cc2c(C)noc2C)n1. The third-order valence-electron chi connectivity index (χ3n) is 4.00. The summed E-state index contributed by atoms with van der Waals surface area (Å²) in [5.74, 6) is 0.805. The van der Waals surface area contributed by atoms with Crippen molar-refractivity contribution in [1.82, 2.24) is 25.6 Å². The maximum absolute atomic E-state index is 12.2. The van der Waals surface area contributed by atoms with Crippen molar-refractivity contribution in [3.05, 3.63) is 34.5 Å². The molecule has 2 rings (SSSR count). The number of urea groups is 1. The minimum atomic E-state index is -0.178. The van der Waals surface area contributed by atoms with E-state index in [-0.39, 0.29) is 18.1 Å². The van der Waals surface area contributed by atoms with Crippen LogP contribution in [0.4, 0.5) is 4.79 Å². The van der Waals surface area contributed by atoms with Crippen molar-refractivity contribution >= 4 is 6.03 Å². The topological polar surface area (TPSA) is 85.0 Å². The quantitative estimate of drug-likeness (QED) is 0.850. The van der Waals surface area contributed by atoms with Gasteiger partial charge in [-0.05, 0) is 54.0 Å². The van der Waals surface area contributed by atoms with E-state index in [9.17, 15) is 4.79 Å². The van der Waals surface area contributed by atoms with Gasteiger partial charge in [0.25, 0.3) is 0 Å². The Balaban J connectivity index is 1.82. The Morgan fingerprint density at radius 2 is 1.88 bits per heavy atom. The zero-order valence-corrected chi connectivity index (χ0v) is 15.3. The van der Waals surface area contributed by atoms with E-state index >= 15 is 0 Å². The van der Waals surface area contributed by atoms with E-state index in [1.807, 2.05) is 52.3 Å². The van der Waals surface area contributed by atoms with Crippen LogP contribution in [0.15, 0.2) is 10.6 Å². The number of nitrogens with one attached hydrogen (secondary N) is 2. The van der Waals surface area contributed by atoms with E-state index in [2.05, 4.69) is 20.9 Å². The van der Waals surface area contributed by atoms with Crippen molar-refractivity contribution in [1.29, 1.82) is 0 Å². The Morgan fingerprint density at radius 3 is 2.42 bits per heavy atom. The molecule has 2 aromatic rings. The van der Waals surface area contributed by atoms with Gasteiger partial charge in [0.1, 0.15) is 5.76 Å². The van der Waals surface area contributed by atoms with Gasteiger partial charge >= 0.3 is 6.03 Å². The normalized spacial score (nSPS) is 13.6. The number of aromatic nitrogens is 3. The Hall–Kier alpha value is -2.31. The van der Waals surface area contributed by atoms with Crippen LogP contribution in [-0.2, 0) is 13.0 Å². The summed E-state index contributed by atoms with van der Waals surface area (Å²) < 4.78 is 7.07. The third kappa shape index (κ3) is 4.59. The highest BCUT2D eigenvalue weighted by molar-refractivity contribution is 5.74. The van der Waals surface area contributed by atoms with Crippen LogP contribution in [0, 0.1) is 27.7 Å². The van der Waals surface area contributed by atoms with Crippen LogP contribution in [-0.4, -0.2) is 33.1 Å². The predicted octanol–water partition coefficient (Wildman–Crippen LogP) is 2.42. The van der Waals surface area contributed by atoms with Crippen LogP contribution >= 0.6 is 0 Å². The van der Waals surface area contributed by atoms with Gasteiger partial charge in [0.05, 0.1) is 17.9 Å². The molecule has 0 aliphatic rings. The summed E-state index contributed by atoms with van der Waals surface area (Å²) in [5.41, 5.74) is 4.00. The fourth-order valence-electron chi connectivity index (χ4n) is 2.80. The van der Waals surface area contributed by atoms with Gasteiger partial charge < -0.3 is 15.2 Å². The van der Waals surface area contributed by atoms with Crippen LogP contribution < -0.4 is 10.6 Å². The predicted molar refractivity (Wildman–Crippen MR) is 92.0 cm³/mol. The standard InChI is InChI=1S/C17H27N5O2/c1-10(8-16-14(5)21-24-15(16)6)18-17(23)19-12(3)9-22-13(4)7-11(2)20-22/h7,10,12H,8-9H2,1-6H3,(H2,18,19,23)/t10-,12+/m0/s1. The molecule has 2 amide bonds. The van der Waals surface area contributed by atoms with Gasteiger partial charge in [-0.2, -0.15) is 5.10 Å². The first-order chi connectivity index (χ1) is 11.3. The molecule has 24 heavy (non-hydrogen) atoms. The smallest absolute Gasteiger partial charge is 0.315 e. The number of carbonyl (C=O) groups is 1. The van der Waals surface area contributed by atoms with Gasteiger partial charge in [-0.15, -0.1) is 0 Å². The molecule has 0 fully saturated rings. The number of amides is 2. The Labute approximate surface area is 142 Å². The summed E-state index contributed by atoms with van der Waals surface area (Å²) in [4.78, 5) is 12.2. The Morgan fingerprint density at radius 1 is 1.21 bits per heavy atom. The van der Waals surface area contributed by atoms with Crippen LogP contribution in [0.1, 0.15) is 42.3 Å². The molecule has 2 atom stereocenters. The first-order valence-corrected chi connectivity index (χ1v) is 8.26. The summed E-state index contributed by atoms with van der Waals surface area (Å²) in [6.45, 7) is 12.4. The lowest BCUT2D eigenvalue weighted by molar-refractivity contribution is 0.233. The monoisotopic (exact) mass is 333 g/mol. The second kappa shape index (κ2) is 7.51. The number of carbonyl (C=O) groups excluding carboxylic acids is 1. The van der Waals surface area contributed by atoms with Crippen molar-refractivity contribution in [3.63, 3.8) is 0 Å². The molecule has 0 radical (unpaired) electrons. The highest BCUT2D eigenvalue weighted by Gasteiger charge is 2.16. The molecule has 132 valence electrons. The fraction of sp³-hybridized carbons (Fsp3) is 0.588. The fourth-order valence-corrected chi connectivity index (χ4v) is 2.80. The van der Waals surface area contributed by atoms with Gasteiger partial charge in [-0.25, -0.2) is 4.79 Å². The first-order valence-electron chi connectivity index (χ1n) is 8.26. The summed E-state index contributed by atoms with van der Waals surface area (Å²) >= 11 is 0. The van der Waals surface area contributed by atoms with Crippen molar-refractivity contribution in [3.8, 4) is 0 Å². The average molecular weight is 333 g/mol. The van der Waals surface area contributed by atoms with Gasteiger partial charge in [0.15, 0.2) is 0 Å². The summed E-state index contributed by atoms with van der Waals surface area (Å²) in [6.07, 6.45) is 0.695. The first kappa shape index (κ1) is 18.0. The zero-order chi connectivity index (χ0) is 17.9. The van der Waals surface area contributed by atoms with Crippen molar-refractivity contribution < 1.29 is 9.32 Å². The second-order valence-corrected chi connectivity index (χ2v) is 6.54. The highest BCUT2D eigenvalue weighted by Crippen LogP contribution is 2.14. The lowest BCUT2D eigenvalue weighted by Gasteiger charge is -2.18. The molecule has 2 N–H and O–H groups in total. The van der Waals surface area contributed by atoms with Gasteiger partial charge in [0, 0.05) is 23.3 Å². The third-order valence-corrected chi connectivity index (χ3v) is 4.00. The van der Waals surface area contributed by atoms with E-state index in [1.165, 1.54) is 0 Å². The molecule has 0 unspecified atom stereocenters. The van der Waals surface area contributed by atoms with Crippen LogP contribution in [0.3, 0.4) is 0 Å². The molecule has 0 saturated carbocycles. The lowest BCUT2D eigenvalue weighted by atomic mass is 10.1. The van der Waals surface area contributed by atoms with E-state index in [1.54, 1.807) is 0 Å². The summed E-state index contributed by atoms with van der Waals surface area (Å²) in [6, 6.07) is 1.82. The highest BCUT2D eigenvalue weighted by atomic mass is 16.5. The van der Waals surface area contributed by atoms with Gasteiger partial charge in [-0.1, -0.05) is 5.16 Å². The van der Waals surface area contributed by atoms with Crippen molar-refractivity contribution in [2.45, 2.75) is 66.6 Å². The number of hydrogen-bond donors (Lipinski definition) is 2. The maximum Gasteiger partial charge on any atom is 0.315 e. The largest absolute Gasteiger partial charge is 0.361 e. The molecule has 7 heteroatoms. The van der Waals surface area contributed by atoms with E-state index in [0.29, 0.717) is 13.0 Å². The molecule has 2 heterocycles. The zero-order valence-electron chi connectivity index (χ0n) is 15.3. The van der Waals surface area contributed by atoms with Crippen LogP contribution in [0.2, 0.25) is 0 Å². The van der Waals surface area contributed by atoms with Gasteiger partial charge in [0.2, 0.25) is 0 Å². The molecular formula is C17H27N5O2. The molecule has 0 spiro atoms. The number of hydrogen-bond acceptors (Lipinski definition) is 4. The molecule has 0 aliphatic heterocycles. The molecule has 0 bridgehead atoms. The Kier molecular flexibility index (Phi) is 5.64. The molecular weight excluding hydrogens is 306 g/mol. The average Bonchev–Trinajstić information content (AvgIpc) is 2.94. The Bertz CT molecular complexity index is 684. The van der Waals surface area contributed by atoms with Crippen LogP contribution in [0.25, 0.3) is 0 Å². The van der Waals surface area contributed by atoms with E-state index in [4.69, 9.17) is 4.52 Å². The molecule has 7 nitrogen and oxygen atoms in total. The van der Waals surface area contributed by atoms with Gasteiger partial charge in [-0.3, -0.25) is 4.68 Å². The summed E-state index contributed by atoms with van der Waals surface area (Å²) in [5, 5.41) is 14.3. The minimum absolute atomic E-state index is 0.0114. The second-order valence-electron chi connectivity index (χ2n) is 6.54.